The van der Waals surface area contributed by atoms with Crippen LogP contribution in [-0.4, -0.2) is 37.0 Å². The Morgan fingerprint density at radius 2 is 2.22 bits per heavy atom. The summed E-state index contributed by atoms with van der Waals surface area (Å²) in [6.07, 6.45) is 0. The molecule has 18 heavy (non-hydrogen) atoms. The lowest BCUT2D eigenvalue weighted by molar-refractivity contribution is -0.158. The van der Waals surface area contributed by atoms with Crippen molar-refractivity contribution >= 4 is 34.5 Å². The van der Waals surface area contributed by atoms with Crippen LogP contribution in [0.25, 0.3) is 0 Å². The molecule has 0 spiro atoms. The first-order chi connectivity index (χ1) is 8.61. The molecule has 0 bridgehead atoms. The highest BCUT2D eigenvalue weighted by Gasteiger charge is 2.25. The molecule has 6 heteroatoms. The van der Waals surface area contributed by atoms with Crippen molar-refractivity contribution in [3.8, 4) is 5.75 Å². The molecule has 0 aromatic heterocycles. The zero-order chi connectivity index (χ0) is 13.1. The second-order valence-electron chi connectivity index (χ2n) is 3.82. The Labute approximate surface area is 118 Å². The molecule has 2 rings (SSSR count). The largest absolute Gasteiger partial charge is 0.491 e. The number of methoxy groups -OCH3 is 1. The molecule has 1 amide bonds. The summed E-state index contributed by atoms with van der Waals surface area (Å²) in [5.41, 5.74) is 0.894. The number of benzene rings is 1. The van der Waals surface area contributed by atoms with Crippen molar-refractivity contribution in [3.05, 3.63) is 27.3 Å². The van der Waals surface area contributed by atoms with Crippen LogP contribution in [0, 0.1) is 3.57 Å². The molecule has 0 radical (unpaired) electrons. The van der Waals surface area contributed by atoms with E-state index in [0.29, 0.717) is 19.7 Å². The molecule has 1 aromatic carbocycles. The summed E-state index contributed by atoms with van der Waals surface area (Å²) in [6, 6.07) is 5.76. The SMILES string of the molecule is COC(=O)C(=O)N1CCOc2cc(I)ccc2C1. The first kappa shape index (κ1) is 13.1. The molecular weight excluding hydrogens is 349 g/mol. The number of ether oxygens (including phenoxy) is 2. The third-order valence-corrected chi connectivity index (χ3v) is 3.33. The second kappa shape index (κ2) is 5.55. The van der Waals surface area contributed by atoms with E-state index < -0.39 is 11.9 Å². The monoisotopic (exact) mass is 361 g/mol. The van der Waals surface area contributed by atoms with E-state index in [1.165, 1.54) is 12.0 Å². The van der Waals surface area contributed by atoms with E-state index in [0.717, 1.165) is 14.9 Å². The normalized spacial score (nSPS) is 14.2. The van der Waals surface area contributed by atoms with E-state index >= 15 is 0 Å². The molecule has 0 saturated heterocycles. The highest BCUT2D eigenvalue weighted by molar-refractivity contribution is 14.1. The molecule has 0 unspecified atom stereocenters. The molecule has 1 heterocycles. The number of fused-ring (bicyclic) bond motifs is 1. The lowest BCUT2D eigenvalue weighted by Crippen LogP contribution is -2.38. The van der Waals surface area contributed by atoms with Crippen LogP contribution >= 0.6 is 22.6 Å². The minimum atomic E-state index is -0.844. The molecular formula is C12H12INO4. The summed E-state index contributed by atoms with van der Waals surface area (Å²) in [5.74, 6) is -0.710. The maximum absolute atomic E-state index is 11.8. The van der Waals surface area contributed by atoms with Crippen molar-refractivity contribution in [3.63, 3.8) is 0 Å². The Bertz CT molecular complexity index is 489. The Morgan fingerprint density at radius 1 is 1.44 bits per heavy atom. The van der Waals surface area contributed by atoms with E-state index in [-0.39, 0.29) is 0 Å². The van der Waals surface area contributed by atoms with Crippen LogP contribution in [-0.2, 0) is 20.9 Å². The van der Waals surface area contributed by atoms with Crippen LogP contribution in [0.3, 0.4) is 0 Å². The zero-order valence-electron chi connectivity index (χ0n) is 9.81. The van der Waals surface area contributed by atoms with Gasteiger partial charge in [-0.1, -0.05) is 6.07 Å². The summed E-state index contributed by atoms with van der Waals surface area (Å²) in [6.45, 7) is 1.11. The van der Waals surface area contributed by atoms with Gasteiger partial charge in [-0.15, -0.1) is 0 Å². The summed E-state index contributed by atoms with van der Waals surface area (Å²) < 4.78 is 11.1. The molecule has 0 aliphatic carbocycles. The summed E-state index contributed by atoms with van der Waals surface area (Å²) in [7, 11) is 1.20. The number of carbonyl (C=O) groups excluding carboxylic acids is 2. The third-order valence-electron chi connectivity index (χ3n) is 2.66. The van der Waals surface area contributed by atoms with Crippen molar-refractivity contribution < 1.29 is 19.1 Å². The molecule has 96 valence electrons. The van der Waals surface area contributed by atoms with Crippen molar-refractivity contribution in [2.24, 2.45) is 0 Å². The third kappa shape index (κ3) is 2.74. The maximum Gasteiger partial charge on any atom is 0.396 e. The van der Waals surface area contributed by atoms with Gasteiger partial charge in [0, 0.05) is 15.7 Å². The van der Waals surface area contributed by atoms with Gasteiger partial charge in [0.15, 0.2) is 0 Å². The van der Waals surface area contributed by atoms with Crippen LogP contribution in [0.2, 0.25) is 0 Å². The molecule has 0 saturated carbocycles. The Morgan fingerprint density at radius 3 is 2.94 bits per heavy atom. The Balaban J connectivity index is 2.21. The predicted molar refractivity (Wildman–Crippen MR) is 72.1 cm³/mol. The zero-order valence-corrected chi connectivity index (χ0v) is 12.0. The number of carbonyl (C=O) groups is 2. The summed E-state index contributed by atoms with van der Waals surface area (Å²) in [4.78, 5) is 24.4. The van der Waals surface area contributed by atoms with Crippen LogP contribution in [0.1, 0.15) is 5.56 Å². The van der Waals surface area contributed by atoms with E-state index in [1.54, 1.807) is 0 Å². The topological polar surface area (TPSA) is 55.8 Å². The van der Waals surface area contributed by atoms with Crippen molar-refractivity contribution in [2.75, 3.05) is 20.3 Å². The summed E-state index contributed by atoms with van der Waals surface area (Å²) >= 11 is 2.20. The first-order valence-electron chi connectivity index (χ1n) is 5.40. The maximum atomic E-state index is 11.8. The highest BCUT2D eigenvalue weighted by Crippen LogP contribution is 2.25. The molecule has 5 nitrogen and oxygen atoms in total. The smallest absolute Gasteiger partial charge is 0.396 e. The lowest BCUT2D eigenvalue weighted by atomic mass is 10.2. The number of nitrogens with zero attached hydrogens (tertiary/aromatic N) is 1. The molecule has 0 atom stereocenters. The van der Waals surface area contributed by atoms with Crippen LogP contribution in [0.4, 0.5) is 0 Å². The second-order valence-corrected chi connectivity index (χ2v) is 5.06. The first-order valence-corrected chi connectivity index (χ1v) is 6.48. The number of halogens is 1. The van der Waals surface area contributed by atoms with E-state index in [9.17, 15) is 9.59 Å². The van der Waals surface area contributed by atoms with E-state index in [2.05, 4.69) is 27.3 Å². The van der Waals surface area contributed by atoms with Gasteiger partial charge in [-0.2, -0.15) is 0 Å². The quantitative estimate of drug-likeness (QED) is 0.396. The van der Waals surface area contributed by atoms with Crippen molar-refractivity contribution in [2.45, 2.75) is 6.54 Å². The minimum absolute atomic E-state index is 0.361. The van der Waals surface area contributed by atoms with Crippen LogP contribution < -0.4 is 4.74 Å². The predicted octanol–water partition coefficient (Wildman–Crippen LogP) is 1.19. The van der Waals surface area contributed by atoms with E-state index in [4.69, 9.17) is 4.74 Å². The van der Waals surface area contributed by atoms with Crippen molar-refractivity contribution in [1.82, 2.24) is 4.90 Å². The van der Waals surface area contributed by atoms with Gasteiger partial charge < -0.3 is 14.4 Å². The van der Waals surface area contributed by atoms with Crippen LogP contribution in [0.5, 0.6) is 5.75 Å². The molecule has 1 aliphatic heterocycles. The number of esters is 1. The molecule has 1 aromatic rings. The number of hydrogen-bond acceptors (Lipinski definition) is 4. The minimum Gasteiger partial charge on any atom is -0.491 e. The fourth-order valence-electron chi connectivity index (χ4n) is 1.73. The number of rotatable bonds is 0. The van der Waals surface area contributed by atoms with Gasteiger partial charge >= 0.3 is 11.9 Å². The van der Waals surface area contributed by atoms with Gasteiger partial charge in [0.05, 0.1) is 13.7 Å². The Kier molecular flexibility index (Phi) is 4.05. The number of hydrogen-bond donors (Lipinski definition) is 0. The lowest BCUT2D eigenvalue weighted by Gasteiger charge is -2.17. The van der Waals surface area contributed by atoms with Gasteiger partial charge in [-0.05, 0) is 34.7 Å². The number of amides is 1. The highest BCUT2D eigenvalue weighted by atomic mass is 127. The van der Waals surface area contributed by atoms with Crippen molar-refractivity contribution in [1.29, 1.82) is 0 Å². The Hall–Kier alpha value is -1.31. The fraction of sp³-hybridized carbons (Fsp3) is 0.333. The molecule has 0 fully saturated rings. The van der Waals surface area contributed by atoms with E-state index in [1.807, 2.05) is 18.2 Å². The van der Waals surface area contributed by atoms with Gasteiger partial charge in [-0.3, -0.25) is 4.79 Å². The van der Waals surface area contributed by atoms with Gasteiger partial charge in [0.2, 0.25) is 0 Å². The molecule has 1 aliphatic rings. The van der Waals surface area contributed by atoms with Gasteiger partial charge in [0.25, 0.3) is 0 Å². The molecule has 0 N–H and O–H groups in total. The average Bonchev–Trinajstić information content (AvgIpc) is 2.58. The van der Waals surface area contributed by atoms with Gasteiger partial charge in [-0.25, -0.2) is 4.79 Å². The van der Waals surface area contributed by atoms with Crippen LogP contribution in [0.15, 0.2) is 18.2 Å². The summed E-state index contributed by atoms with van der Waals surface area (Å²) in [5, 5.41) is 0. The van der Waals surface area contributed by atoms with Gasteiger partial charge in [0.1, 0.15) is 12.4 Å². The standard InChI is InChI=1S/C12H12INO4/c1-17-12(16)11(15)14-4-5-18-10-6-9(13)3-2-8(10)7-14/h2-3,6H,4-5,7H2,1H3. The fourth-order valence-corrected chi connectivity index (χ4v) is 2.20. The average molecular weight is 361 g/mol.